The van der Waals surface area contributed by atoms with Crippen LogP contribution in [0.1, 0.15) is 17.9 Å². The molecule has 8 nitrogen and oxygen atoms in total. The molecule has 1 aliphatic heterocycles. The second-order valence-electron chi connectivity index (χ2n) is 7.75. The number of methoxy groups -OCH3 is 2. The number of amides is 1. The Labute approximate surface area is 202 Å². The lowest BCUT2D eigenvalue weighted by Gasteiger charge is -2.19. The van der Waals surface area contributed by atoms with E-state index in [0.717, 1.165) is 5.56 Å². The van der Waals surface area contributed by atoms with Crippen molar-refractivity contribution in [3.8, 4) is 23.0 Å². The van der Waals surface area contributed by atoms with Gasteiger partial charge in [-0.15, -0.1) is 0 Å². The number of hydrogen-bond donors (Lipinski definition) is 1. The quantitative estimate of drug-likeness (QED) is 0.515. The second-order valence-corrected chi connectivity index (χ2v) is 9.74. The molecular weight excluding hydrogens is 480 g/mol. The molecule has 0 aliphatic carbocycles. The number of halogens is 1. The second kappa shape index (κ2) is 9.54. The van der Waals surface area contributed by atoms with E-state index in [0.29, 0.717) is 40.3 Å². The summed E-state index contributed by atoms with van der Waals surface area (Å²) < 4.78 is 39.9. The average Bonchev–Trinajstić information content (AvgIpc) is 3.19. The smallest absolute Gasteiger partial charge is 0.238 e. The summed E-state index contributed by atoms with van der Waals surface area (Å²) in [6, 6.07) is 16.4. The van der Waals surface area contributed by atoms with E-state index < -0.39 is 10.0 Å². The molecule has 0 radical (unpaired) electrons. The number of benzene rings is 3. The molecule has 1 saturated heterocycles. The van der Waals surface area contributed by atoms with Crippen molar-refractivity contribution in [1.82, 2.24) is 0 Å². The summed E-state index contributed by atoms with van der Waals surface area (Å²) in [5.74, 6) is 1.81. The van der Waals surface area contributed by atoms with Crippen LogP contribution in [0.25, 0.3) is 0 Å². The van der Waals surface area contributed by atoms with Crippen LogP contribution in [0, 0.1) is 0 Å². The first-order chi connectivity index (χ1) is 16.2. The fraction of sp³-hybridized carbons (Fsp3) is 0.208. The van der Waals surface area contributed by atoms with E-state index in [-0.39, 0.29) is 23.1 Å². The van der Waals surface area contributed by atoms with Gasteiger partial charge in [-0.3, -0.25) is 4.79 Å². The molecule has 2 N–H and O–H groups in total. The van der Waals surface area contributed by atoms with E-state index >= 15 is 0 Å². The van der Waals surface area contributed by atoms with Crippen LogP contribution < -0.4 is 24.2 Å². The molecule has 0 bridgehead atoms. The van der Waals surface area contributed by atoms with Crippen LogP contribution in [-0.4, -0.2) is 35.1 Å². The highest BCUT2D eigenvalue weighted by atomic mass is 35.5. The number of anilines is 1. The fourth-order valence-electron chi connectivity index (χ4n) is 3.90. The average molecular weight is 503 g/mol. The predicted octanol–water partition coefficient (Wildman–Crippen LogP) is 4.32. The molecule has 4 rings (SSSR count). The van der Waals surface area contributed by atoms with E-state index in [4.69, 9.17) is 31.0 Å². The summed E-state index contributed by atoms with van der Waals surface area (Å²) in [6.07, 6.45) is 0.254. The number of ether oxygens (including phenoxy) is 3. The van der Waals surface area contributed by atoms with E-state index in [1.54, 1.807) is 61.6 Å². The van der Waals surface area contributed by atoms with E-state index in [2.05, 4.69) is 0 Å². The monoisotopic (exact) mass is 502 g/mol. The van der Waals surface area contributed by atoms with Crippen molar-refractivity contribution in [2.45, 2.75) is 17.2 Å². The molecule has 10 heteroatoms. The standard InChI is InChI=1S/C24H23ClN2O6S/c1-31-18-6-10-21(32-2)23(13-18)33-22-12-16(25)3-9-20(22)15-11-24(28)27(14-15)17-4-7-19(8-5-17)34(26,29)30/h3-10,12-13,15H,11,14H2,1-2H3,(H2,26,29,30)/t15-/m0/s1. The predicted molar refractivity (Wildman–Crippen MR) is 129 cm³/mol. The summed E-state index contributed by atoms with van der Waals surface area (Å²) in [4.78, 5) is 14.4. The molecule has 0 saturated carbocycles. The lowest BCUT2D eigenvalue weighted by atomic mass is 9.97. The highest BCUT2D eigenvalue weighted by Gasteiger charge is 2.33. The highest BCUT2D eigenvalue weighted by molar-refractivity contribution is 7.89. The molecular formula is C24H23ClN2O6S. The lowest BCUT2D eigenvalue weighted by Crippen LogP contribution is -2.24. The Morgan fingerprint density at radius 1 is 0.941 bits per heavy atom. The molecule has 178 valence electrons. The van der Waals surface area contributed by atoms with Crippen molar-refractivity contribution in [1.29, 1.82) is 0 Å². The van der Waals surface area contributed by atoms with Gasteiger partial charge in [-0.1, -0.05) is 17.7 Å². The number of nitrogens with two attached hydrogens (primary N) is 1. The first kappa shape index (κ1) is 23.9. The Bertz CT molecular complexity index is 1330. The topological polar surface area (TPSA) is 108 Å². The van der Waals surface area contributed by atoms with Crippen molar-refractivity contribution >= 4 is 33.2 Å². The van der Waals surface area contributed by atoms with Crippen LogP contribution in [0.3, 0.4) is 0 Å². The van der Waals surface area contributed by atoms with Crippen molar-refractivity contribution in [3.05, 3.63) is 71.2 Å². The molecule has 1 atom stereocenters. The largest absolute Gasteiger partial charge is 0.497 e. The van der Waals surface area contributed by atoms with Gasteiger partial charge in [0.25, 0.3) is 0 Å². The van der Waals surface area contributed by atoms with Crippen LogP contribution in [0.15, 0.2) is 65.6 Å². The zero-order chi connectivity index (χ0) is 24.5. The van der Waals surface area contributed by atoms with Gasteiger partial charge < -0.3 is 19.1 Å². The molecule has 0 unspecified atom stereocenters. The zero-order valence-electron chi connectivity index (χ0n) is 18.5. The number of carbonyl (C=O) groups is 1. The summed E-state index contributed by atoms with van der Waals surface area (Å²) in [7, 11) is -0.708. The molecule has 3 aromatic carbocycles. The fourth-order valence-corrected chi connectivity index (χ4v) is 4.57. The minimum atomic E-state index is -3.81. The molecule has 1 amide bonds. The van der Waals surface area contributed by atoms with Crippen LogP contribution in [-0.2, 0) is 14.8 Å². The van der Waals surface area contributed by atoms with Gasteiger partial charge in [0, 0.05) is 41.2 Å². The molecule has 0 spiro atoms. The van der Waals surface area contributed by atoms with Gasteiger partial charge in [0.1, 0.15) is 11.5 Å². The maximum atomic E-state index is 12.8. The zero-order valence-corrected chi connectivity index (χ0v) is 20.1. The van der Waals surface area contributed by atoms with Gasteiger partial charge >= 0.3 is 0 Å². The molecule has 1 fully saturated rings. The van der Waals surface area contributed by atoms with Crippen LogP contribution in [0.5, 0.6) is 23.0 Å². The lowest BCUT2D eigenvalue weighted by molar-refractivity contribution is -0.117. The van der Waals surface area contributed by atoms with Gasteiger partial charge in [0.15, 0.2) is 11.5 Å². The third-order valence-corrected chi connectivity index (χ3v) is 6.77. The van der Waals surface area contributed by atoms with Crippen molar-refractivity contribution in [2.24, 2.45) is 5.14 Å². The molecule has 3 aromatic rings. The van der Waals surface area contributed by atoms with Crippen LogP contribution in [0.2, 0.25) is 5.02 Å². The van der Waals surface area contributed by atoms with E-state index in [1.807, 2.05) is 6.07 Å². The highest BCUT2D eigenvalue weighted by Crippen LogP contribution is 2.42. The van der Waals surface area contributed by atoms with Gasteiger partial charge in [-0.05, 0) is 48.5 Å². The summed E-state index contributed by atoms with van der Waals surface area (Å²) in [5, 5.41) is 5.65. The third kappa shape index (κ3) is 4.96. The minimum absolute atomic E-state index is 0.0138. The number of carbonyl (C=O) groups excluding carboxylic acids is 1. The van der Waals surface area contributed by atoms with Crippen molar-refractivity contribution in [3.63, 3.8) is 0 Å². The van der Waals surface area contributed by atoms with E-state index in [9.17, 15) is 13.2 Å². The molecule has 34 heavy (non-hydrogen) atoms. The van der Waals surface area contributed by atoms with Crippen LogP contribution in [0.4, 0.5) is 5.69 Å². The maximum absolute atomic E-state index is 12.8. The van der Waals surface area contributed by atoms with Gasteiger partial charge in [-0.2, -0.15) is 0 Å². The Morgan fingerprint density at radius 2 is 1.68 bits per heavy atom. The van der Waals surface area contributed by atoms with Crippen molar-refractivity contribution < 1.29 is 27.4 Å². The Hall–Kier alpha value is -3.27. The number of nitrogens with zero attached hydrogens (tertiary/aromatic N) is 1. The third-order valence-electron chi connectivity index (χ3n) is 5.61. The summed E-state index contributed by atoms with van der Waals surface area (Å²) in [6.45, 7) is 0.390. The molecule has 1 aliphatic rings. The number of primary sulfonamides is 1. The Kier molecular flexibility index (Phi) is 6.70. The number of rotatable bonds is 7. The van der Waals surface area contributed by atoms with Crippen LogP contribution >= 0.6 is 11.6 Å². The van der Waals surface area contributed by atoms with Gasteiger partial charge in [0.05, 0.1) is 19.1 Å². The normalized spacial score (nSPS) is 15.9. The van der Waals surface area contributed by atoms with Gasteiger partial charge in [0.2, 0.25) is 15.9 Å². The SMILES string of the molecule is COc1ccc(OC)c(Oc2cc(Cl)ccc2[C@H]2CC(=O)N(c3ccc(S(N)(=O)=O)cc3)C2)c1. The van der Waals surface area contributed by atoms with E-state index in [1.165, 1.54) is 12.1 Å². The van der Waals surface area contributed by atoms with Gasteiger partial charge in [-0.25, -0.2) is 13.6 Å². The molecule has 0 aromatic heterocycles. The van der Waals surface area contributed by atoms with Crippen molar-refractivity contribution in [2.75, 3.05) is 25.7 Å². The first-order valence-electron chi connectivity index (χ1n) is 10.3. The summed E-state index contributed by atoms with van der Waals surface area (Å²) >= 11 is 6.25. The first-order valence-corrected chi connectivity index (χ1v) is 12.2. The molecule has 1 heterocycles. The maximum Gasteiger partial charge on any atom is 0.238 e. The Balaban J connectivity index is 1.63. The number of sulfonamides is 1. The Morgan fingerprint density at radius 3 is 2.32 bits per heavy atom. The summed E-state index contributed by atoms with van der Waals surface area (Å²) in [5.41, 5.74) is 1.40. The minimum Gasteiger partial charge on any atom is -0.497 e. The number of hydrogen-bond acceptors (Lipinski definition) is 6.